The topological polar surface area (TPSA) is 90.5 Å². The first-order valence-corrected chi connectivity index (χ1v) is 9.35. The van der Waals surface area contributed by atoms with E-state index in [2.05, 4.69) is 10.3 Å². The van der Waals surface area contributed by atoms with Gasteiger partial charge in [-0.25, -0.2) is 4.98 Å². The van der Waals surface area contributed by atoms with Gasteiger partial charge in [0.2, 0.25) is 5.95 Å². The van der Waals surface area contributed by atoms with Crippen molar-refractivity contribution in [2.24, 2.45) is 5.92 Å². The third-order valence-corrected chi connectivity index (χ3v) is 6.23. The molecule has 2 aliphatic rings. The number of imidazole rings is 1. The monoisotopic (exact) mass is 385 g/mol. The average molecular weight is 386 g/mol. The van der Waals surface area contributed by atoms with E-state index >= 15 is 0 Å². The highest BCUT2D eigenvalue weighted by molar-refractivity contribution is 6.42. The maximum atomic E-state index is 10.5. The van der Waals surface area contributed by atoms with Crippen LogP contribution in [0.3, 0.4) is 0 Å². The van der Waals surface area contributed by atoms with Gasteiger partial charge in [-0.2, -0.15) is 0 Å². The molecular weight excluding hydrogens is 365 g/mol. The lowest BCUT2D eigenvalue weighted by atomic mass is 9.93. The second kappa shape index (κ2) is 6.59. The van der Waals surface area contributed by atoms with Crippen LogP contribution in [-0.2, 0) is 0 Å². The molecule has 1 aromatic carbocycles. The van der Waals surface area contributed by atoms with Crippen LogP contribution >= 0.6 is 23.2 Å². The molecule has 2 saturated carbocycles. The Bertz CT molecular complexity index is 793. The molecule has 136 valence electrons. The summed E-state index contributed by atoms with van der Waals surface area (Å²) in [5.74, 6) is 0.282. The highest BCUT2D eigenvalue weighted by Crippen LogP contribution is 2.41. The van der Waals surface area contributed by atoms with Gasteiger partial charge in [0.25, 0.3) is 0 Å². The molecule has 2 fully saturated rings. The Hall–Kier alpha value is -1.05. The van der Waals surface area contributed by atoms with Crippen LogP contribution in [0.2, 0.25) is 10.0 Å². The summed E-state index contributed by atoms with van der Waals surface area (Å²) >= 11 is 12.3. The normalized spacial score (nSPS) is 30.0. The van der Waals surface area contributed by atoms with Crippen LogP contribution in [0, 0.1) is 5.92 Å². The molecule has 0 amide bonds. The predicted octanol–water partition coefficient (Wildman–Crippen LogP) is 2.58. The molecule has 8 heteroatoms. The van der Waals surface area contributed by atoms with Gasteiger partial charge in [0.15, 0.2) is 0 Å². The van der Waals surface area contributed by atoms with E-state index in [0.717, 1.165) is 18.4 Å². The van der Waals surface area contributed by atoms with Crippen molar-refractivity contribution in [1.82, 2.24) is 9.55 Å². The third kappa shape index (κ3) is 2.90. The zero-order valence-electron chi connectivity index (χ0n) is 13.6. The minimum Gasteiger partial charge on any atom is -0.396 e. The maximum absolute atomic E-state index is 10.5. The molecule has 0 saturated heterocycles. The van der Waals surface area contributed by atoms with Gasteiger partial charge >= 0.3 is 0 Å². The van der Waals surface area contributed by atoms with Gasteiger partial charge in [-0.15, -0.1) is 0 Å². The van der Waals surface area contributed by atoms with Crippen molar-refractivity contribution in [3.05, 3.63) is 22.2 Å². The van der Waals surface area contributed by atoms with E-state index < -0.39 is 18.2 Å². The number of benzene rings is 1. The van der Waals surface area contributed by atoms with Crippen LogP contribution in [0.15, 0.2) is 12.1 Å². The molecule has 4 unspecified atom stereocenters. The Morgan fingerprint density at radius 2 is 1.88 bits per heavy atom. The number of hydrogen-bond donors (Lipinski definition) is 4. The number of hydrogen-bond acceptors (Lipinski definition) is 5. The van der Waals surface area contributed by atoms with Gasteiger partial charge in [-0.05, 0) is 37.8 Å². The van der Waals surface area contributed by atoms with Crippen LogP contribution < -0.4 is 5.32 Å². The van der Waals surface area contributed by atoms with E-state index in [4.69, 9.17) is 23.2 Å². The number of halogens is 2. The second-order valence-corrected chi connectivity index (χ2v) is 7.87. The first-order chi connectivity index (χ1) is 12.0. The summed E-state index contributed by atoms with van der Waals surface area (Å²) in [6.45, 7) is -0.167. The highest BCUT2D eigenvalue weighted by Gasteiger charge is 2.43. The molecule has 2 aromatic rings. The molecule has 0 bridgehead atoms. The number of anilines is 1. The molecule has 25 heavy (non-hydrogen) atoms. The summed E-state index contributed by atoms with van der Waals surface area (Å²) in [7, 11) is 0. The molecule has 2 aliphatic carbocycles. The van der Waals surface area contributed by atoms with Crippen LogP contribution in [0.4, 0.5) is 5.95 Å². The maximum Gasteiger partial charge on any atom is 0.204 e. The number of rotatable bonds is 4. The fraction of sp³-hybridized carbons (Fsp3) is 0.588. The molecule has 0 radical (unpaired) electrons. The first-order valence-electron chi connectivity index (χ1n) is 8.60. The van der Waals surface area contributed by atoms with Gasteiger partial charge in [0, 0.05) is 18.6 Å². The highest BCUT2D eigenvalue weighted by atomic mass is 35.5. The molecule has 4 N–H and O–H groups in total. The minimum absolute atomic E-state index is 0.167. The lowest BCUT2D eigenvalue weighted by molar-refractivity contribution is -0.00347. The van der Waals surface area contributed by atoms with Crippen molar-refractivity contribution < 1.29 is 15.3 Å². The van der Waals surface area contributed by atoms with Crippen molar-refractivity contribution >= 4 is 40.2 Å². The van der Waals surface area contributed by atoms with Crippen LogP contribution in [0.1, 0.15) is 31.7 Å². The van der Waals surface area contributed by atoms with Gasteiger partial charge < -0.3 is 25.2 Å². The van der Waals surface area contributed by atoms with Gasteiger partial charge in [-0.3, -0.25) is 0 Å². The predicted molar refractivity (Wildman–Crippen MR) is 97.3 cm³/mol. The summed E-state index contributed by atoms with van der Waals surface area (Å²) in [5, 5.41) is 34.5. The second-order valence-electron chi connectivity index (χ2n) is 7.06. The molecule has 1 heterocycles. The van der Waals surface area contributed by atoms with Crippen molar-refractivity contribution in [3.63, 3.8) is 0 Å². The molecule has 4 rings (SSSR count). The summed E-state index contributed by atoms with van der Waals surface area (Å²) in [6, 6.07) is 3.42. The van der Waals surface area contributed by atoms with Crippen molar-refractivity contribution in [1.29, 1.82) is 0 Å². The van der Waals surface area contributed by atoms with Gasteiger partial charge in [0.05, 0.1) is 33.2 Å². The SMILES string of the molecule is OCC1CC(n2c(NC3CCC3)nc3cc(Cl)c(Cl)cc32)C(O)C1O. The number of aromatic nitrogens is 2. The number of fused-ring (bicyclic) bond motifs is 1. The zero-order chi connectivity index (χ0) is 17.7. The molecule has 0 spiro atoms. The molecule has 4 atom stereocenters. The molecule has 1 aromatic heterocycles. The average Bonchev–Trinajstić information content (AvgIpc) is 3.02. The third-order valence-electron chi connectivity index (χ3n) is 5.51. The van der Waals surface area contributed by atoms with Crippen LogP contribution in [0.25, 0.3) is 11.0 Å². The summed E-state index contributed by atoms with van der Waals surface area (Å²) in [6.07, 6.45) is 1.87. The first kappa shape index (κ1) is 17.4. The van der Waals surface area contributed by atoms with E-state index in [9.17, 15) is 15.3 Å². The Labute approximate surface area is 155 Å². The van der Waals surface area contributed by atoms with Crippen molar-refractivity contribution in [2.75, 3.05) is 11.9 Å². The fourth-order valence-electron chi connectivity index (χ4n) is 3.80. The van der Waals surface area contributed by atoms with E-state index in [1.807, 2.05) is 4.57 Å². The minimum atomic E-state index is -0.981. The molecule has 6 nitrogen and oxygen atoms in total. The van der Waals surface area contributed by atoms with E-state index in [0.29, 0.717) is 34.0 Å². The number of nitrogens with zero attached hydrogens (tertiary/aromatic N) is 2. The number of nitrogens with one attached hydrogen (secondary N) is 1. The Morgan fingerprint density at radius 3 is 2.48 bits per heavy atom. The molecular formula is C17H21Cl2N3O3. The summed E-state index contributed by atoms with van der Waals surface area (Å²) < 4.78 is 1.90. The Morgan fingerprint density at radius 1 is 1.16 bits per heavy atom. The van der Waals surface area contributed by atoms with Crippen molar-refractivity contribution in [2.45, 2.75) is 50.0 Å². The standard InChI is InChI=1S/C17H21Cl2N3O3/c18-10-5-12-13(6-11(10)19)22(17(21-12)20-9-2-1-3-9)14-4-8(7-23)15(24)16(14)25/h5-6,8-9,14-16,23-25H,1-4,7H2,(H,20,21). The summed E-state index contributed by atoms with van der Waals surface area (Å²) in [5.41, 5.74) is 1.44. The number of aliphatic hydroxyl groups excluding tert-OH is 3. The smallest absolute Gasteiger partial charge is 0.204 e. The van der Waals surface area contributed by atoms with E-state index in [1.165, 1.54) is 6.42 Å². The quantitative estimate of drug-likeness (QED) is 0.649. The Balaban J connectivity index is 1.81. The molecule has 0 aliphatic heterocycles. The van der Waals surface area contributed by atoms with Gasteiger partial charge in [-0.1, -0.05) is 23.2 Å². The van der Waals surface area contributed by atoms with Crippen LogP contribution in [0.5, 0.6) is 0 Å². The Kier molecular flexibility index (Phi) is 4.58. The van der Waals surface area contributed by atoms with Gasteiger partial charge in [0.1, 0.15) is 6.10 Å². The van der Waals surface area contributed by atoms with E-state index in [1.54, 1.807) is 12.1 Å². The number of aliphatic hydroxyl groups is 3. The lowest BCUT2D eigenvalue weighted by Gasteiger charge is -2.29. The van der Waals surface area contributed by atoms with E-state index in [-0.39, 0.29) is 12.5 Å². The fourth-order valence-corrected chi connectivity index (χ4v) is 4.12. The van der Waals surface area contributed by atoms with Crippen molar-refractivity contribution in [3.8, 4) is 0 Å². The summed E-state index contributed by atoms with van der Waals surface area (Å²) in [4.78, 5) is 4.64. The largest absolute Gasteiger partial charge is 0.396 e. The lowest BCUT2D eigenvalue weighted by Crippen LogP contribution is -2.32. The van der Waals surface area contributed by atoms with Crippen LogP contribution in [-0.4, -0.2) is 49.7 Å². The zero-order valence-corrected chi connectivity index (χ0v) is 15.1.